The van der Waals surface area contributed by atoms with Crippen LogP contribution in [0.5, 0.6) is 0 Å². The van der Waals surface area contributed by atoms with E-state index in [0.29, 0.717) is 6.54 Å². The largest absolute Gasteiger partial charge is 0.357 e. The minimum atomic E-state index is 0.712. The number of unbranched alkanes of at least 4 members (excludes halogenated alkanes) is 11. The van der Waals surface area contributed by atoms with Gasteiger partial charge in [-0.15, -0.1) is 0 Å². The third kappa shape index (κ3) is 17.3. The Balaban J connectivity index is 1.87. The topological polar surface area (TPSA) is 65.7 Å². The summed E-state index contributed by atoms with van der Waals surface area (Å²) in [4.78, 5) is 7.22. The summed E-state index contributed by atoms with van der Waals surface area (Å²) in [5, 5.41) is 6.82. The zero-order chi connectivity index (χ0) is 22.2. The van der Waals surface area contributed by atoms with Crippen molar-refractivity contribution in [3.05, 3.63) is 12.2 Å². The molecule has 5 nitrogen and oxygen atoms in total. The lowest BCUT2D eigenvalue weighted by atomic mass is 10.1. The van der Waals surface area contributed by atoms with Gasteiger partial charge in [-0.3, -0.25) is 4.99 Å². The summed E-state index contributed by atoms with van der Waals surface area (Å²) in [7, 11) is 0. The lowest BCUT2D eigenvalue weighted by Gasteiger charge is -2.20. The molecule has 0 spiro atoms. The van der Waals surface area contributed by atoms with Gasteiger partial charge < -0.3 is 21.3 Å². The average Bonchev–Trinajstić information content (AvgIpc) is 3.23. The Morgan fingerprint density at radius 1 is 0.806 bits per heavy atom. The van der Waals surface area contributed by atoms with Crippen molar-refractivity contribution in [2.45, 2.75) is 96.8 Å². The molecule has 5 heteroatoms. The Kier molecular flexibility index (Phi) is 20.2. The maximum absolute atomic E-state index is 5.48. The molecule has 0 radical (unpaired) electrons. The van der Waals surface area contributed by atoms with Crippen LogP contribution >= 0.6 is 0 Å². The minimum absolute atomic E-state index is 0.712. The van der Waals surface area contributed by atoms with E-state index in [-0.39, 0.29) is 0 Å². The Hall–Kier alpha value is -0.910. The second-order valence-electron chi connectivity index (χ2n) is 8.91. The number of hydrogen-bond acceptors (Lipinski definition) is 5. The summed E-state index contributed by atoms with van der Waals surface area (Å²) >= 11 is 0. The highest BCUT2D eigenvalue weighted by Gasteiger charge is 2.15. The normalized spacial score (nSPS) is 14.1. The number of hydrogen-bond donors (Lipinski definition) is 3. The molecule has 0 bridgehead atoms. The van der Waals surface area contributed by atoms with Gasteiger partial charge in [-0.25, -0.2) is 0 Å². The van der Waals surface area contributed by atoms with E-state index < -0.39 is 0 Å². The van der Waals surface area contributed by atoms with Crippen LogP contribution in [0, 0.1) is 0 Å². The summed E-state index contributed by atoms with van der Waals surface area (Å²) in [5.41, 5.74) is 5.48. The second kappa shape index (κ2) is 22.3. The molecular formula is C26H53N5. The van der Waals surface area contributed by atoms with Gasteiger partial charge >= 0.3 is 0 Å². The molecular weight excluding hydrogens is 382 g/mol. The van der Waals surface area contributed by atoms with Crippen LogP contribution in [0.4, 0.5) is 0 Å². The fraction of sp³-hybridized carbons (Fsp3) is 0.885. The zero-order valence-electron chi connectivity index (χ0n) is 20.7. The van der Waals surface area contributed by atoms with Crippen molar-refractivity contribution in [3.63, 3.8) is 0 Å². The van der Waals surface area contributed by atoms with Crippen LogP contribution in [0.2, 0.25) is 0 Å². The lowest BCUT2D eigenvalue weighted by Crippen LogP contribution is -2.37. The molecule has 0 fully saturated rings. The predicted octanol–water partition coefficient (Wildman–Crippen LogP) is 4.88. The van der Waals surface area contributed by atoms with Crippen molar-refractivity contribution in [1.82, 2.24) is 15.5 Å². The smallest absolute Gasteiger partial charge is 0.0990 e. The van der Waals surface area contributed by atoms with Crippen LogP contribution in [0.3, 0.4) is 0 Å². The molecule has 0 aromatic rings. The molecule has 4 N–H and O–H groups in total. The standard InChI is InChI=1S/C26H53N5/c1-2-3-4-5-6-7-8-9-10-11-12-13-14-15-16-17-26-30-23-25-31(26)24-22-29-21-20-28-19-18-27/h9-10,28-29H,2-8,11-25,27H2,1H3/b10-9-. The van der Waals surface area contributed by atoms with Gasteiger partial charge in [-0.05, 0) is 32.1 Å². The van der Waals surface area contributed by atoms with E-state index >= 15 is 0 Å². The first-order chi connectivity index (χ1) is 15.4. The van der Waals surface area contributed by atoms with E-state index in [1.165, 1.54) is 89.3 Å². The van der Waals surface area contributed by atoms with Crippen molar-refractivity contribution in [1.29, 1.82) is 0 Å². The van der Waals surface area contributed by atoms with Crippen LogP contribution in [-0.2, 0) is 0 Å². The van der Waals surface area contributed by atoms with Gasteiger partial charge in [0.15, 0.2) is 0 Å². The molecule has 182 valence electrons. The van der Waals surface area contributed by atoms with E-state index in [1.807, 2.05) is 0 Å². The van der Waals surface area contributed by atoms with Gasteiger partial charge in [-0.1, -0.05) is 70.4 Å². The Morgan fingerprint density at radius 2 is 1.42 bits per heavy atom. The number of nitrogens with one attached hydrogen (secondary N) is 2. The molecule has 1 heterocycles. The molecule has 0 amide bonds. The molecule has 1 aliphatic heterocycles. The molecule has 0 aromatic carbocycles. The molecule has 1 rings (SSSR count). The fourth-order valence-electron chi connectivity index (χ4n) is 4.10. The first-order valence-electron chi connectivity index (χ1n) is 13.4. The number of allylic oxidation sites excluding steroid dienone is 2. The number of amidine groups is 1. The van der Waals surface area contributed by atoms with Gasteiger partial charge in [0.2, 0.25) is 0 Å². The van der Waals surface area contributed by atoms with Gasteiger partial charge in [-0.2, -0.15) is 0 Å². The molecule has 31 heavy (non-hydrogen) atoms. The zero-order valence-corrected chi connectivity index (χ0v) is 20.7. The van der Waals surface area contributed by atoms with Crippen molar-refractivity contribution < 1.29 is 0 Å². The highest BCUT2D eigenvalue weighted by atomic mass is 15.2. The average molecular weight is 436 g/mol. The highest BCUT2D eigenvalue weighted by Crippen LogP contribution is 2.12. The monoisotopic (exact) mass is 435 g/mol. The van der Waals surface area contributed by atoms with E-state index in [1.54, 1.807) is 0 Å². The highest BCUT2D eigenvalue weighted by molar-refractivity contribution is 5.83. The minimum Gasteiger partial charge on any atom is -0.357 e. The number of nitrogens with two attached hydrogens (primary N) is 1. The first kappa shape index (κ1) is 28.1. The van der Waals surface area contributed by atoms with Crippen molar-refractivity contribution in [3.8, 4) is 0 Å². The van der Waals surface area contributed by atoms with Crippen LogP contribution in [-0.4, -0.2) is 63.1 Å². The van der Waals surface area contributed by atoms with Gasteiger partial charge in [0.05, 0.1) is 12.4 Å². The third-order valence-electron chi connectivity index (χ3n) is 6.05. The van der Waals surface area contributed by atoms with Crippen molar-refractivity contribution in [2.75, 3.05) is 52.4 Å². The summed E-state index contributed by atoms with van der Waals surface area (Å²) in [6.07, 6.45) is 23.7. The Morgan fingerprint density at radius 3 is 2.10 bits per heavy atom. The Bertz CT molecular complexity index is 436. The molecule has 0 unspecified atom stereocenters. The molecule has 0 aromatic heterocycles. The second-order valence-corrected chi connectivity index (χ2v) is 8.91. The number of aliphatic imine (C=N–C) groups is 1. The summed E-state index contributed by atoms with van der Waals surface area (Å²) in [6.45, 7) is 10.1. The van der Waals surface area contributed by atoms with E-state index in [2.05, 4.69) is 34.6 Å². The fourth-order valence-corrected chi connectivity index (χ4v) is 4.10. The Labute approximate surface area is 193 Å². The van der Waals surface area contributed by atoms with E-state index in [4.69, 9.17) is 10.7 Å². The van der Waals surface area contributed by atoms with Crippen LogP contribution in [0.25, 0.3) is 0 Å². The summed E-state index contributed by atoms with van der Waals surface area (Å²) in [6, 6.07) is 0. The maximum atomic E-state index is 5.48. The van der Waals surface area contributed by atoms with Crippen LogP contribution < -0.4 is 16.4 Å². The first-order valence-corrected chi connectivity index (χ1v) is 13.4. The van der Waals surface area contributed by atoms with Crippen LogP contribution in [0.15, 0.2) is 17.1 Å². The van der Waals surface area contributed by atoms with E-state index in [9.17, 15) is 0 Å². The van der Waals surface area contributed by atoms with E-state index in [0.717, 1.165) is 52.2 Å². The molecule has 0 saturated heterocycles. The molecule has 0 atom stereocenters. The summed E-state index contributed by atoms with van der Waals surface area (Å²) in [5.74, 6) is 1.35. The molecule has 0 saturated carbocycles. The number of nitrogens with zero attached hydrogens (tertiary/aromatic N) is 2. The number of rotatable bonds is 23. The van der Waals surface area contributed by atoms with Gasteiger partial charge in [0, 0.05) is 52.2 Å². The van der Waals surface area contributed by atoms with Crippen molar-refractivity contribution in [2.24, 2.45) is 10.7 Å². The quantitative estimate of drug-likeness (QED) is 0.158. The lowest BCUT2D eigenvalue weighted by molar-refractivity contribution is 0.433. The van der Waals surface area contributed by atoms with Gasteiger partial charge in [0.1, 0.15) is 0 Å². The SMILES string of the molecule is CCCCCCCC/C=C\CCCCCCCC1=NCCN1CCNCCNCCN. The summed E-state index contributed by atoms with van der Waals surface area (Å²) < 4.78 is 0. The maximum Gasteiger partial charge on any atom is 0.0990 e. The molecule has 0 aliphatic carbocycles. The molecule has 1 aliphatic rings. The van der Waals surface area contributed by atoms with Crippen molar-refractivity contribution >= 4 is 5.84 Å². The third-order valence-corrected chi connectivity index (χ3v) is 6.05. The predicted molar refractivity (Wildman–Crippen MR) is 138 cm³/mol. The van der Waals surface area contributed by atoms with Crippen LogP contribution in [0.1, 0.15) is 96.8 Å². The van der Waals surface area contributed by atoms with Gasteiger partial charge in [0.25, 0.3) is 0 Å².